The first-order valence-corrected chi connectivity index (χ1v) is 8.23. The molecule has 0 saturated heterocycles. The first-order valence-electron chi connectivity index (χ1n) is 6.21. The van der Waals surface area contributed by atoms with Crippen molar-refractivity contribution in [2.45, 2.75) is 31.2 Å². The topological polar surface area (TPSA) is 59.1 Å². The second-order valence-electron chi connectivity index (χ2n) is 5.40. The normalized spacial score (nSPS) is 12.8. The van der Waals surface area contributed by atoms with E-state index in [1.54, 1.807) is 44.3 Å². The number of hydrogen-bond donors (Lipinski definition) is 1. The molecule has 1 heterocycles. The van der Waals surface area contributed by atoms with Crippen LogP contribution >= 0.6 is 11.6 Å². The smallest absolute Gasteiger partial charge is 0.241 e. The number of aryl methyl sites for hydroxylation is 1. The number of fused-ring (bicyclic) bond motifs is 1. The van der Waals surface area contributed by atoms with Crippen molar-refractivity contribution in [3.63, 3.8) is 0 Å². The van der Waals surface area contributed by atoms with Crippen LogP contribution in [-0.2, 0) is 10.0 Å². The molecule has 0 radical (unpaired) electrons. The molecule has 1 N–H and O–H groups in total. The van der Waals surface area contributed by atoms with E-state index < -0.39 is 15.6 Å². The zero-order chi connectivity index (χ0) is 15.0. The number of sulfonamides is 1. The van der Waals surface area contributed by atoms with Crippen LogP contribution in [0.4, 0.5) is 0 Å². The van der Waals surface area contributed by atoms with Gasteiger partial charge in [0.1, 0.15) is 0 Å². The van der Waals surface area contributed by atoms with Crippen LogP contribution in [0.3, 0.4) is 0 Å². The highest BCUT2D eigenvalue weighted by atomic mass is 35.5. The van der Waals surface area contributed by atoms with Crippen molar-refractivity contribution in [1.29, 1.82) is 0 Å². The van der Waals surface area contributed by atoms with E-state index in [1.807, 2.05) is 6.92 Å². The number of halogens is 1. The molecule has 0 atom stereocenters. The Morgan fingerprint density at radius 3 is 2.65 bits per heavy atom. The van der Waals surface area contributed by atoms with Gasteiger partial charge in [0.15, 0.2) is 0 Å². The quantitative estimate of drug-likeness (QED) is 0.883. The number of hydrogen-bond acceptors (Lipinski definition) is 3. The molecule has 0 aliphatic rings. The number of benzene rings is 1. The van der Waals surface area contributed by atoms with Crippen LogP contribution in [-0.4, -0.2) is 24.8 Å². The fraction of sp³-hybridized carbons (Fsp3) is 0.357. The maximum Gasteiger partial charge on any atom is 0.241 e. The highest BCUT2D eigenvalue weighted by Gasteiger charge is 2.27. The molecule has 1 aromatic carbocycles. The predicted molar refractivity (Wildman–Crippen MR) is 81.6 cm³/mol. The van der Waals surface area contributed by atoms with Crippen molar-refractivity contribution >= 4 is 32.5 Å². The Bertz CT molecular complexity index is 742. The molecule has 0 unspecified atom stereocenters. The van der Waals surface area contributed by atoms with Gasteiger partial charge in [0.05, 0.1) is 10.4 Å². The fourth-order valence-electron chi connectivity index (χ4n) is 1.97. The third-order valence-electron chi connectivity index (χ3n) is 2.97. The molecule has 2 aromatic rings. The Kier molecular flexibility index (Phi) is 4.04. The molecule has 6 heteroatoms. The summed E-state index contributed by atoms with van der Waals surface area (Å²) in [5.74, 6) is 0.189. The molecular weight excluding hydrogens is 296 g/mol. The van der Waals surface area contributed by atoms with Crippen molar-refractivity contribution < 1.29 is 8.42 Å². The highest BCUT2D eigenvalue weighted by molar-refractivity contribution is 7.89. The number of nitrogens with zero attached hydrogens (tertiary/aromatic N) is 1. The van der Waals surface area contributed by atoms with E-state index in [1.165, 1.54) is 0 Å². The molecule has 0 spiro atoms. The molecule has 0 aliphatic carbocycles. The average molecular weight is 313 g/mol. The summed E-state index contributed by atoms with van der Waals surface area (Å²) in [5.41, 5.74) is 0.926. The van der Waals surface area contributed by atoms with Crippen LogP contribution in [0.5, 0.6) is 0 Å². The predicted octanol–water partition coefficient (Wildman–Crippen LogP) is 2.84. The number of pyridine rings is 1. The van der Waals surface area contributed by atoms with E-state index in [-0.39, 0.29) is 10.8 Å². The minimum absolute atomic E-state index is 0.189. The molecule has 0 saturated carbocycles. The zero-order valence-electron chi connectivity index (χ0n) is 11.6. The molecule has 0 amide bonds. The van der Waals surface area contributed by atoms with Crippen LogP contribution in [0.25, 0.3) is 10.9 Å². The van der Waals surface area contributed by atoms with Crippen molar-refractivity contribution in [2.24, 2.45) is 0 Å². The van der Waals surface area contributed by atoms with Crippen molar-refractivity contribution in [2.75, 3.05) is 5.88 Å². The second-order valence-corrected chi connectivity index (χ2v) is 7.32. The summed E-state index contributed by atoms with van der Waals surface area (Å²) in [6, 6.07) is 6.86. The summed E-state index contributed by atoms with van der Waals surface area (Å²) in [6.45, 7) is 5.39. The number of nitrogens with one attached hydrogen (secondary N) is 1. The van der Waals surface area contributed by atoms with Gasteiger partial charge < -0.3 is 0 Å². The molecule has 20 heavy (non-hydrogen) atoms. The average Bonchev–Trinajstić information content (AvgIpc) is 2.38. The number of aromatic nitrogens is 1. The number of alkyl halides is 1. The maximum atomic E-state index is 12.5. The summed E-state index contributed by atoms with van der Waals surface area (Å²) in [5, 5.41) is 0.616. The van der Waals surface area contributed by atoms with Gasteiger partial charge in [-0.25, -0.2) is 13.1 Å². The third kappa shape index (κ3) is 2.95. The highest BCUT2D eigenvalue weighted by Crippen LogP contribution is 2.25. The lowest BCUT2D eigenvalue weighted by Crippen LogP contribution is -2.44. The lowest BCUT2D eigenvalue weighted by atomic mass is 10.1. The summed E-state index contributed by atoms with van der Waals surface area (Å²) >= 11 is 5.79. The van der Waals surface area contributed by atoms with Gasteiger partial charge in [-0.15, -0.1) is 11.6 Å². The summed E-state index contributed by atoms with van der Waals surface area (Å²) in [6.07, 6.45) is 1.65. The van der Waals surface area contributed by atoms with Gasteiger partial charge in [-0.05, 0) is 44.5 Å². The van der Waals surface area contributed by atoms with E-state index in [2.05, 4.69) is 9.71 Å². The molecule has 0 aliphatic heterocycles. The molecule has 0 bridgehead atoms. The standard InChI is InChI=1S/C14H17ClN2O2S/c1-10-6-7-12(11-5-4-8-16-13(10)11)20(18,19)17-14(2,3)9-15/h4-8,17H,9H2,1-3H3. The van der Waals surface area contributed by atoms with E-state index in [0.29, 0.717) is 10.9 Å². The van der Waals surface area contributed by atoms with Crippen LogP contribution in [0.2, 0.25) is 0 Å². The summed E-state index contributed by atoms with van der Waals surface area (Å²) in [4.78, 5) is 4.48. The van der Waals surface area contributed by atoms with E-state index in [4.69, 9.17) is 11.6 Å². The molecule has 0 fully saturated rings. The zero-order valence-corrected chi connectivity index (χ0v) is 13.2. The molecular formula is C14H17ClN2O2S. The van der Waals surface area contributed by atoms with Gasteiger partial charge >= 0.3 is 0 Å². The van der Waals surface area contributed by atoms with E-state index in [9.17, 15) is 8.42 Å². The first-order chi connectivity index (χ1) is 9.27. The SMILES string of the molecule is Cc1ccc(S(=O)(=O)NC(C)(C)CCl)c2cccnc12. The Morgan fingerprint density at radius 1 is 1.30 bits per heavy atom. The number of rotatable bonds is 4. The molecule has 4 nitrogen and oxygen atoms in total. The molecule has 108 valence electrons. The lowest BCUT2D eigenvalue weighted by molar-refractivity contribution is 0.496. The van der Waals surface area contributed by atoms with Crippen LogP contribution < -0.4 is 4.72 Å². The Hall–Kier alpha value is -1.17. The Balaban J connectivity index is 2.61. The Labute approximate surface area is 124 Å². The van der Waals surface area contributed by atoms with Gasteiger partial charge in [0, 0.05) is 23.0 Å². The monoisotopic (exact) mass is 312 g/mol. The first kappa shape index (κ1) is 15.2. The lowest BCUT2D eigenvalue weighted by Gasteiger charge is -2.23. The van der Waals surface area contributed by atoms with Gasteiger partial charge in [-0.3, -0.25) is 4.98 Å². The fourth-order valence-corrected chi connectivity index (χ4v) is 3.73. The summed E-state index contributed by atoms with van der Waals surface area (Å²) in [7, 11) is -3.65. The van der Waals surface area contributed by atoms with Crippen LogP contribution in [0.15, 0.2) is 35.4 Å². The Morgan fingerprint density at radius 2 is 2.00 bits per heavy atom. The van der Waals surface area contributed by atoms with Gasteiger partial charge in [-0.1, -0.05) is 6.07 Å². The second kappa shape index (κ2) is 5.31. The maximum absolute atomic E-state index is 12.5. The molecule has 1 aromatic heterocycles. The van der Waals surface area contributed by atoms with Crippen molar-refractivity contribution in [3.8, 4) is 0 Å². The van der Waals surface area contributed by atoms with Crippen molar-refractivity contribution in [1.82, 2.24) is 9.71 Å². The van der Waals surface area contributed by atoms with E-state index >= 15 is 0 Å². The third-order valence-corrected chi connectivity index (χ3v) is 5.39. The van der Waals surface area contributed by atoms with Crippen LogP contribution in [0.1, 0.15) is 19.4 Å². The van der Waals surface area contributed by atoms with Gasteiger partial charge in [0.25, 0.3) is 0 Å². The van der Waals surface area contributed by atoms with Gasteiger partial charge in [-0.2, -0.15) is 0 Å². The van der Waals surface area contributed by atoms with Crippen molar-refractivity contribution in [3.05, 3.63) is 36.0 Å². The summed E-state index contributed by atoms with van der Waals surface area (Å²) < 4.78 is 27.7. The largest absolute Gasteiger partial charge is 0.256 e. The minimum Gasteiger partial charge on any atom is -0.256 e. The molecule has 2 rings (SSSR count). The van der Waals surface area contributed by atoms with E-state index in [0.717, 1.165) is 5.56 Å². The van der Waals surface area contributed by atoms with Crippen LogP contribution in [0, 0.1) is 6.92 Å². The van der Waals surface area contributed by atoms with Gasteiger partial charge in [0.2, 0.25) is 10.0 Å². The minimum atomic E-state index is -3.65.